The standard InChI is InChI=1S/C17H22N2O2/c1-3-16-14(8-10-21-16)17(20)19-15-7-6-12(2)11-13(15)5-4-9-18/h6-7,11,14,16H,3,8-10,18H2,1-2H3,(H,19,20). The second-order valence-corrected chi connectivity index (χ2v) is 5.26. The number of carbonyl (C=O) groups is 1. The van der Waals surface area contributed by atoms with Crippen LogP contribution in [0, 0.1) is 24.7 Å². The van der Waals surface area contributed by atoms with E-state index in [9.17, 15) is 4.79 Å². The van der Waals surface area contributed by atoms with Crippen LogP contribution in [0.3, 0.4) is 0 Å². The number of nitrogens with two attached hydrogens (primary N) is 1. The molecule has 21 heavy (non-hydrogen) atoms. The van der Waals surface area contributed by atoms with Gasteiger partial charge in [0, 0.05) is 12.2 Å². The van der Waals surface area contributed by atoms with Crippen molar-refractivity contribution >= 4 is 11.6 Å². The minimum atomic E-state index is -0.0772. The molecule has 0 spiro atoms. The van der Waals surface area contributed by atoms with Gasteiger partial charge in [-0.3, -0.25) is 4.79 Å². The van der Waals surface area contributed by atoms with Gasteiger partial charge in [-0.05, 0) is 37.5 Å². The molecular weight excluding hydrogens is 264 g/mol. The summed E-state index contributed by atoms with van der Waals surface area (Å²) < 4.78 is 5.58. The van der Waals surface area contributed by atoms with E-state index in [1.807, 2.05) is 32.0 Å². The van der Waals surface area contributed by atoms with E-state index in [4.69, 9.17) is 10.5 Å². The average Bonchev–Trinajstić information content (AvgIpc) is 2.96. The second-order valence-electron chi connectivity index (χ2n) is 5.26. The zero-order valence-corrected chi connectivity index (χ0v) is 12.6. The summed E-state index contributed by atoms with van der Waals surface area (Å²) in [4.78, 5) is 12.4. The fourth-order valence-corrected chi connectivity index (χ4v) is 2.59. The Bertz CT molecular complexity index is 572. The summed E-state index contributed by atoms with van der Waals surface area (Å²) in [6, 6.07) is 5.82. The van der Waals surface area contributed by atoms with E-state index in [1.165, 1.54) is 0 Å². The Kier molecular flexibility index (Phi) is 5.38. The molecule has 4 heteroatoms. The lowest BCUT2D eigenvalue weighted by molar-refractivity contribution is -0.121. The molecule has 1 aliphatic heterocycles. The number of benzene rings is 1. The van der Waals surface area contributed by atoms with Crippen molar-refractivity contribution in [3.8, 4) is 11.8 Å². The average molecular weight is 286 g/mol. The number of aryl methyl sites for hydroxylation is 1. The van der Waals surface area contributed by atoms with Crippen LogP contribution < -0.4 is 11.1 Å². The van der Waals surface area contributed by atoms with Crippen molar-refractivity contribution in [1.82, 2.24) is 0 Å². The van der Waals surface area contributed by atoms with Crippen LogP contribution in [0.1, 0.15) is 30.9 Å². The number of hydrogen-bond donors (Lipinski definition) is 2. The third-order valence-corrected chi connectivity index (χ3v) is 3.71. The highest BCUT2D eigenvalue weighted by Gasteiger charge is 2.32. The van der Waals surface area contributed by atoms with E-state index in [0.717, 1.165) is 29.7 Å². The minimum Gasteiger partial charge on any atom is -0.377 e. The number of anilines is 1. The topological polar surface area (TPSA) is 64.3 Å². The van der Waals surface area contributed by atoms with Gasteiger partial charge in [-0.1, -0.05) is 24.8 Å². The molecule has 0 radical (unpaired) electrons. The van der Waals surface area contributed by atoms with Crippen LogP contribution in [-0.2, 0) is 9.53 Å². The molecule has 0 saturated carbocycles. The van der Waals surface area contributed by atoms with Crippen LogP contribution in [0.4, 0.5) is 5.69 Å². The fraction of sp³-hybridized carbons (Fsp3) is 0.471. The van der Waals surface area contributed by atoms with Gasteiger partial charge in [0.05, 0.1) is 24.3 Å². The molecule has 1 aliphatic rings. The Labute approximate surface area is 126 Å². The lowest BCUT2D eigenvalue weighted by Crippen LogP contribution is -2.29. The van der Waals surface area contributed by atoms with Gasteiger partial charge in [0.2, 0.25) is 5.91 Å². The minimum absolute atomic E-state index is 0.0130. The van der Waals surface area contributed by atoms with Gasteiger partial charge in [0.15, 0.2) is 0 Å². The summed E-state index contributed by atoms with van der Waals surface area (Å²) in [6.07, 6.45) is 1.65. The lowest BCUT2D eigenvalue weighted by atomic mass is 9.98. The van der Waals surface area contributed by atoms with Crippen LogP contribution in [0.25, 0.3) is 0 Å². The largest absolute Gasteiger partial charge is 0.377 e. The first kappa shape index (κ1) is 15.6. The predicted octanol–water partition coefficient (Wildman–Crippen LogP) is 2.06. The number of rotatable bonds is 3. The number of amides is 1. The molecule has 0 bridgehead atoms. The van der Waals surface area contributed by atoms with Gasteiger partial charge in [0.25, 0.3) is 0 Å². The quantitative estimate of drug-likeness (QED) is 0.836. The van der Waals surface area contributed by atoms with Crippen LogP contribution in [0.5, 0.6) is 0 Å². The Balaban J connectivity index is 2.17. The summed E-state index contributed by atoms with van der Waals surface area (Å²) in [5, 5.41) is 2.99. The highest BCUT2D eigenvalue weighted by atomic mass is 16.5. The van der Waals surface area contributed by atoms with Crippen molar-refractivity contribution in [1.29, 1.82) is 0 Å². The van der Waals surface area contributed by atoms with Crippen molar-refractivity contribution in [3.63, 3.8) is 0 Å². The van der Waals surface area contributed by atoms with E-state index in [0.29, 0.717) is 13.2 Å². The summed E-state index contributed by atoms with van der Waals surface area (Å²) in [6.45, 7) is 5.00. The highest BCUT2D eigenvalue weighted by molar-refractivity contribution is 5.94. The molecule has 2 atom stereocenters. The molecule has 1 heterocycles. The molecule has 2 rings (SSSR count). The van der Waals surface area contributed by atoms with Gasteiger partial charge in [-0.25, -0.2) is 0 Å². The van der Waals surface area contributed by atoms with E-state index < -0.39 is 0 Å². The van der Waals surface area contributed by atoms with Crippen molar-refractivity contribution < 1.29 is 9.53 Å². The molecule has 112 valence electrons. The summed E-state index contributed by atoms with van der Waals surface area (Å²) in [5.74, 6) is 5.79. The maximum absolute atomic E-state index is 12.4. The fourth-order valence-electron chi connectivity index (χ4n) is 2.59. The van der Waals surface area contributed by atoms with Crippen molar-refractivity contribution in [2.75, 3.05) is 18.5 Å². The Morgan fingerprint density at radius 1 is 1.52 bits per heavy atom. The Morgan fingerprint density at radius 3 is 3.05 bits per heavy atom. The van der Waals surface area contributed by atoms with Crippen LogP contribution >= 0.6 is 0 Å². The summed E-state index contributed by atoms with van der Waals surface area (Å²) in [7, 11) is 0. The first-order valence-corrected chi connectivity index (χ1v) is 7.37. The number of carbonyl (C=O) groups excluding carboxylic acids is 1. The van der Waals surface area contributed by atoms with Crippen LogP contribution in [0.2, 0.25) is 0 Å². The number of nitrogens with one attached hydrogen (secondary N) is 1. The van der Waals surface area contributed by atoms with Gasteiger partial charge >= 0.3 is 0 Å². The van der Waals surface area contributed by atoms with E-state index in [-0.39, 0.29) is 17.9 Å². The molecule has 2 unspecified atom stereocenters. The molecule has 1 amide bonds. The molecule has 0 aromatic heterocycles. The van der Waals surface area contributed by atoms with Gasteiger partial charge in [0.1, 0.15) is 0 Å². The normalized spacial score (nSPS) is 20.7. The monoisotopic (exact) mass is 286 g/mol. The van der Waals surface area contributed by atoms with E-state index in [2.05, 4.69) is 17.2 Å². The number of hydrogen-bond acceptors (Lipinski definition) is 3. The highest BCUT2D eigenvalue weighted by Crippen LogP contribution is 2.26. The van der Waals surface area contributed by atoms with Crippen molar-refractivity contribution in [3.05, 3.63) is 29.3 Å². The molecule has 1 aromatic rings. The SMILES string of the molecule is CCC1OCCC1C(=O)Nc1ccc(C)cc1C#CCN. The van der Waals surface area contributed by atoms with Gasteiger partial charge in [-0.2, -0.15) is 0 Å². The first-order valence-electron chi connectivity index (χ1n) is 7.37. The van der Waals surface area contributed by atoms with Gasteiger partial charge in [-0.15, -0.1) is 0 Å². The molecule has 3 N–H and O–H groups in total. The van der Waals surface area contributed by atoms with Crippen molar-refractivity contribution in [2.45, 2.75) is 32.8 Å². The molecule has 4 nitrogen and oxygen atoms in total. The molecule has 1 fully saturated rings. The van der Waals surface area contributed by atoms with Gasteiger partial charge < -0.3 is 15.8 Å². The summed E-state index contributed by atoms with van der Waals surface area (Å²) >= 11 is 0. The molecule has 1 aromatic carbocycles. The van der Waals surface area contributed by atoms with Crippen LogP contribution in [0.15, 0.2) is 18.2 Å². The third-order valence-electron chi connectivity index (χ3n) is 3.71. The summed E-state index contributed by atoms with van der Waals surface area (Å²) in [5.41, 5.74) is 8.08. The first-order chi connectivity index (χ1) is 10.2. The zero-order valence-electron chi connectivity index (χ0n) is 12.6. The Morgan fingerprint density at radius 2 is 2.33 bits per heavy atom. The van der Waals surface area contributed by atoms with Crippen molar-refractivity contribution in [2.24, 2.45) is 11.7 Å². The molecule has 1 saturated heterocycles. The van der Waals surface area contributed by atoms with Crippen LogP contribution in [-0.4, -0.2) is 25.2 Å². The molecule has 0 aliphatic carbocycles. The van der Waals surface area contributed by atoms with E-state index >= 15 is 0 Å². The second kappa shape index (κ2) is 7.26. The lowest BCUT2D eigenvalue weighted by Gasteiger charge is -2.17. The van der Waals surface area contributed by atoms with E-state index in [1.54, 1.807) is 0 Å². The smallest absolute Gasteiger partial charge is 0.230 e. The maximum atomic E-state index is 12.4. The predicted molar refractivity (Wildman–Crippen MR) is 83.9 cm³/mol. The zero-order chi connectivity index (χ0) is 15.2. The molecular formula is C17H22N2O2. The maximum Gasteiger partial charge on any atom is 0.230 e. The number of ether oxygens (including phenoxy) is 1. The third kappa shape index (κ3) is 3.84. The Hall–Kier alpha value is -1.83.